The molecule has 0 radical (unpaired) electrons. The van der Waals surface area contributed by atoms with E-state index >= 15 is 0 Å². The van der Waals surface area contributed by atoms with Crippen LogP contribution in [0.2, 0.25) is 0 Å². The number of nitrogens with one attached hydrogen (secondary N) is 3. The highest BCUT2D eigenvalue weighted by atomic mass is 127. The van der Waals surface area contributed by atoms with E-state index in [2.05, 4.69) is 86.4 Å². The molecule has 3 amide bonds. The van der Waals surface area contributed by atoms with E-state index in [4.69, 9.17) is 14.7 Å². The average molecular weight is 917 g/mol. The Morgan fingerprint density at radius 2 is 1.23 bits per heavy atom. The van der Waals surface area contributed by atoms with E-state index in [1.807, 2.05) is 95.8 Å². The van der Waals surface area contributed by atoms with Crippen LogP contribution in [0, 0.1) is 0 Å². The Balaban J connectivity index is 0.935. The van der Waals surface area contributed by atoms with Gasteiger partial charge in [-0.15, -0.1) is 0 Å². The maximum Gasteiger partial charge on any atom is 0.407 e. The zero-order valence-corrected chi connectivity index (χ0v) is 36.1. The number of likely N-dealkylation sites (tertiary alicyclic amines) is 2. The summed E-state index contributed by atoms with van der Waals surface area (Å²) >= 11 is 2.27. The van der Waals surface area contributed by atoms with Gasteiger partial charge in [-0.25, -0.2) is 14.8 Å². The molecule has 4 heterocycles. The summed E-state index contributed by atoms with van der Waals surface area (Å²) in [5.74, 6) is 1.43. The third kappa shape index (κ3) is 8.46. The van der Waals surface area contributed by atoms with Crippen LogP contribution in [0.5, 0.6) is 0 Å². The fourth-order valence-electron chi connectivity index (χ4n) is 8.63. The second kappa shape index (κ2) is 18.2. The van der Waals surface area contributed by atoms with Gasteiger partial charge in [-0.1, -0.05) is 126 Å². The van der Waals surface area contributed by atoms with Crippen LogP contribution in [0.4, 0.5) is 4.79 Å². The summed E-state index contributed by atoms with van der Waals surface area (Å²) in [6, 6.07) is 32.8. The smallest absolute Gasteiger partial charge is 0.407 e. The van der Waals surface area contributed by atoms with Gasteiger partial charge in [-0.2, -0.15) is 0 Å². The first kappa shape index (κ1) is 41.0. The van der Waals surface area contributed by atoms with E-state index in [-0.39, 0.29) is 29.9 Å². The van der Waals surface area contributed by atoms with Crippen molar-refractivity contribution in [2.24, 2.45) is 0 Å². The Kier molecular flexibility index (Phi) is 12.4. The van der Waals surface area contributed by atoms with Crippen LogP contribution in [0.25, 0.3) is 33.6 Å². The maximum absolute atomic E-state index is 14.2. The fourth-order valence-corrected chi connectivity index (χ4v) is 9.32. The zero-order chi connectivity index (χ0) is 41.8. The molecular weight excluding hydrogens is 867 g/mol. The number of halogens is 1. The van der Waals surface area contributed by atoms with Crippen molar-refractivity contribution >= 4 is 40.5 Å². The number of hydrogen-bond donors (Lipinski definition) is 3. The van der Waals surface area contributed by atoms with Crippen molar-refractivity contribution in [1.29, 1.82) is 0 Å². The number of imidazole rings is 2. The Hall–Kier alpha value is -5.80. The Bertz CT molecular complexity index is 2430. The van der Waals surface area contributed by atoms with Crippen molar-refractivity contribution in [2.45, 2.75) is 54.3 Å². The minimum Gasteiger partial charge on any atom is -0.453 e. The molecule has 60 heavy (non-hydrogen) atoms. The lowest BCUT2D eigenvalue weighted by molar-refractivity contribution is -0.137. The Morgan fingerprint density at radius 3 is 1.75 bits per heavy atom. The average Bonchev–Trinajstić information content (AvgIpc) is 4.13. The fraction of sp³-hybridized carbons (Fsp3) is 0.298. The van der Waals surface area contributed by atoms with E-state index in [1.165, 1.54) is 7.11 Å². The molecule has 2 saturated heterocycles. The van der Waals surface area contributed by atoms with Crippen molar-refractivity contribution in [3.05, 3.63) is 144 Å². The zero-order valence-electron chi connectivity index (χ0n) is 34.0. The Labute approximate surface area is 363 Å². The van der Waals surface area contributed by atoms with Crippen LogP contribution in [0.15, 0.2) is 116 Å². The monoisotopic (exact) mass is 916 g/mol. The maximum atomic E-state index is 14.2. The summed E-state index contributed by atoms with van der Waals surface area (Å²) < 4.78 is 5.60. The quantitative estimate of drug-likeness (QED) is 0.0824. The molecular formula is C47H49IN8O4. The van der Waals surface area contributed by atoms with Gasteiger partial charge in [0.2, 0.25) is 5.91 Å². The molecule has 0 saturated carbocycles. The highest BCUT2D eigenvalue weighted by Crippen LogP contribution is 2.37. The molecule has 0 unspecified atom stereocenters. The molecule has 8 rings (SSSR count). The number of methoxy groups -OCH3 is 1. The van der Waals surface area contributed by atoms with E-state index in [1.54, 1.807) is 0 Å². The van der Waals surface area contributed by atoms with Crippen molar-refractivity contribution < 1.29 is 19.1 Å². The molecule has 0 aliphatic carbocycles. The molecule has 6 aromatic rings. The van der Waals surface area contributed by atoms with Gasteiger partial charge in [0.15, 0.2) is 0 Å². The molecule has 308 valence electrons. The number of amides is 3. The highest BCUT2D eigenvalue weighted by Gasteiger charge is 2.39. The van der Waals surface area contributed by atoms with Gasteiger partial charge in [0, 0.05) is 17.5 Å². The van der Waals surface area contributed by atoms with Crippen LogP contribution in [0.1, 0.15) is 78.2 Å². The molecule has 3 N–H and O–H groups in total. The molecule has 4 aromatic carbocycles. The number of benzene rings is 4. The van der Waals surface area contributed by atoms with Gasteiger partial charge >= 0.3 is 6.09 Å². The van der Waals surface area contributed by atoms with Crippen LogP contribution in [-0.2, 0) is 18.8 Å². The molecule has 2 aliphatic heterocycles. The third-order valence-electron chi connectivity index (χ3n) is 11.7. The van der Waals surface area contributed by atoms with Crippen LogP contribution >= 0.6 is 22.6 Å². The van der Waals surface area contributed by atoms with Crippen molar-refractivity contribution in [1.82, 2.24) is 40.0 Å². The first-order chi connectivity index (χ1) is 29.2. The van der Waals surface area contributed by atoms with Gasteiger partial charge < -0.3 is 29.8 Å². The number of likely N-dealkylation sites (N-methyl/N-ethyl adjacent to an activating group) is 1. The van der Waals surface area contributed by atoms with Crippen LogP contribution in [-0.4, -0.2) is 86.8 Å². The predicted molar refractivity (Wildman–Crippen MR) is 240 cm³/mol. The number of aromatic amines is 2. The number of ether oxygens (including phenoxy) is 1. The number of aromatic nitrogens is 4. The van der Waals surface area contributed by atoms with E-state index in [0.29, 0.717) is 23.3 Å². The van der Waals surface area contributed by atoms with Crippen LogP contribution in [0.3, 0.4) is 0 Å². The molecule has 13 heteroatoms. The summed E-state index contributed by atoms with van der Waals surface area (Å²) in [5, 5.41) is 2.79. The standard InChI is InChI=1S/C47H49IN8O4/c1-54(2)42(34-11-5-4-6-12-34)46(58)56-26-10-16-40(56)44-50-29-38(52-44)33-23-19-31(20-24-33)30-17-21-32(22-18-30)37-28-49-43(51-37)39-15-9-25-55(39)45(57)41(53-47(59)60-3)36-14-8-7-13-35(36)27-48/h4-8,11-14,17-24,28-29,39-42H,9-10,15-16,25-27H2,1-3H3,(H,49,51)(H,50,52)(H,53,59)/t39-,40-,41+,42+/m0/s1. The summed E-state index contributed by atoms with van der Waals surface area (Å²) in [5.41, 5.74) is 8.66. The second-order valence-electron chi connectivity index (χ2n) is 15.6. The number of nitrogens with zero attached hydrogens (tertiary/aromatic N) is 5. The normalized spacial score (nSPS) is 17.5. The molecule has 12 nitrogen and oxygen atoms in total. The predicted octanol–water partition coefficient (Wildman–Crippen LogP) is 8.80. The van der Waals surface area contributed by atoms with E-state index in [9.17, 15) is 14.4 Å². The van der Waals surface area contributed by atoms with Crippen molar-refractivity contribution in [2.75, 3.05) is 34.3 Å². The van der Waals surface area contributed by atoms with Gasteiger partial charge in [0.1, 0.15) is 23.7 Å². The summed E-state index contributed by atoms with van der Waals surface area (Å²) in [6.45, 7) is 1.27. The lowest BCUT2D eigenvalue weighted by atomic mass is 10.00. The number of carbonyl (C=O) groups excluding carboxylic acids is 3. The number of rotatable bonds is 12. The van der Waals surface area contributed by atoms with Crippen LogP contribution < -0.4 is 5.32 Å². The summed E-state index contributed by atoms with van der Waals surface area (Å²) in [6.07, 6.45) is 6.42. The third-order valence-corrected chi connectivity index (χ3v) is 12.5. The molecule has 0 bridgehead atoms. The van der Waals surface area contributed by atoms with Crippen molar-refractivity contribution in [3.63, 3.8) is 0 Å². The van der Waals surface area contributed by atoms with Gasteiger partial charge in [0.05, 0.1) is 43.0 Å². The Morgan fingerprint density at radius 1 is 0.733 bits per heavy atom. The minimum absolute atomic E-state index is 0.0937. The molecule has 0 spiro atoms. The SMILES string of the molecule is COC(=O)N[C@@H](C(=O)N1CCC[C@H]1c1ncc(-c2ccc(-c3ccc(-c4cnc([C@@H]5CCCN5C(=O)[C@@H](c5ccccc5)N(C)C)[nH]4)cc3)cc2)[nH]1)c1ccccc1CI. The van der Waals surface area contributed by atoms with Crippen molar-refractivity contribution in [3.8, 4) is 33.6 Å². The number of carbonyl (C=O) groups is 3. The second-order valence-corrected chi connectivity index (χ2v) is 16.3. The topological polar surface area (TPSA) is 140 Å². The lowest BCUT2D eigenvalue weighted by Gasteiger charge is -2.31. The lowest BCUT2D eigenvalue weighted by Crippen LogP contribution is -2.43. The molecule has 2 fully saturated rings. The molecule has 2 aliphatic rings. The van der Waals surface area contributed by atoms with E-state index in [0.717, 1.165) is 81.8 Å². The van der Waals surface area contributed by atoms with Gasteiger partial charge in [0.25, 0.3) is 5.91 Å². The molecule has 4 atom stereocenters. The first-order valence-corrected chi connectivity index (χ1v) is 21.9. The summed E-state index contributed by atoms with van der Waals surface area (Å²) in [7, 11) is 5.20. The first-order valence-electron chi connectivity index (χ1n) is 20.4. The highest BCUT2D eigenvalue weighted by molar-refractivity contribution is 14.1. The van der Waals surface area contributed by atoms with Gasteiger partial charge in [-0.05, 0) is 78.7 Å². The van der Waals surface area contributed by atoms with Gasteiger partial charge in [-0.3, -0.25) is 14.5 Å². The number of alkyl halides is 1. The molecule has 2 aromatic heterocycles. The minimum atomic E-state index is -0.876. The number of hydrogen-bond acceptors (Lipinski definition) is 7. The largest absolute Gasteiger partial charge is 0.453 e. The number of H-pyrrole nitrogens is 2. The summed E-state index contributed by atoms with van der Waals surface area (Å²) in [4.78, 5) is 62.8. The van der Waals surface area contributed by atoms with E-state index < -0.39 is 12.1 Å². The number of alkyl carbamates (subject to hydrolysis) is 1.